The number of nitrogens with one attached hydrogen (secondary N) is 2. The van der Waals surface area contributed by atoms with Crippen LogP contribution in [-0.4, -0.2) is 24.7 Å². The Morgan fingerprint density at radius 1 is 1.06 bits per heavy atom. The maximum absolute atomic E-state index is 12.9. The van der Waals surface area contributed by atoms with E-state index in [-0.39, 0.29) is 17.1 Å². The van der Waals surface area contributed by atoms with Crippen LogP contribution in [0.5, 0.6) is 0 Å². The standard InChI is InChI=1S/C23H27ClN2O5S/c1-23(2,29)19-11-14(10-9-13(19)12-27)32(30,31)26-22(28)25-21-17-7-3-5-15(17)20(24)16-6-4-8-18(16)21/h9-11,27,29H,3-8,12H2,1-2H3,(H2,25,26,28). The molecule has 2 amide bonds. The number of carbonyl (C=O) groups is 1. The predicted molar refractivity (Wildman–Crippen MR) is 122 cm³/mol. The van der Waals surface area contributed by atoms with Gasteiger partial charge in [0.15, 0.2) is 0 Å². The summed E-state index contributed by atoms with van der Waals surface area (Å²) in [5.41, 5.74) is 4.12. The van der Waals surface area contributed by atoms with Crippen molar-refractivity contribution in [3.05, 3.63) is 56.6 Å². The number of fused-ring (bicyclic) bond motifs is 2. The van der Waals surface area contributed by atoms with Crippen LogP contribution < -0.4 is 10.0 Å². The smallest absolute Gasteiger partial charge is 0.333 e. The van der Waals surface area contributed by atoms with Gasteiger partial charge in [-0.25, -0.2) is 17.9 Å². The number of aliphatic hydroxyl groups is 2. The number of anilines is 1. The summed E-state index contributed by atoms with van der Waals surface area (Å²) in [5, 5.41) is 23.4. The molecule has 0 aromatic heterocycles. The first-order chi connectivity index (χ1) is 15.0. The second-order valence-electron chi connectivity index (χ2n) is 8.91. The number of urea groups is 1. The van der Waals surface area contributed by atoms with Crippen LogP contribution in [0, 0.1) is 0 Å². The van der Waals surface area contributed by atoms with Crippen molar-refractivity contribution in [2.45, 2.75) is 69.5 Å². The predicted octanol–water partition coefficient (Wildman–Crippen LogP) is 3.55. The minimum atomic E-state index is -4.20. The Balaban J connectivity index is 1.62. The molecular formula is C23H27ClN2O5S. The number of hydrogen-bond acceptors (Lipinski definition) is 5. The third-order valence-electron chi connectivity index (χ3n) is 6.26. The molecule has 0 bridgehead atoms. The van der Waals surface area contributed by atoms with Crippen molar-refractivity contribution >= 4 is 33.3 Å². The van der Waals surface area contributed by atoms with Crippen molar-refractivity contribution < 1.29 is 23.4 Å². The molecule has 0 fully saturated rings. The fourth-order valence-electron chi connectivity index (χ4n) is 4.79. The summed E-state index contributed by atoms with van der Waals surface area (Å²) in [5.74, 6) is 0. The molecule has 7 nitrogen and oxygen atoms in total. The molecule has 2 aliphatic carbocycles. The molecule has 2 aliphatic rings. The van der Waals surface area contributed by atoms with Gasteiger partial charge in [0, 0.05) is 10.7 Å². The van der Waals surface area contributed by atoms with Gasteiger partial charge in [-0.05, 0) is 97.9 Å². The van der Waals surface area contributed by atoms with E-state index >= 15 is 0 Å². The zero-order valence-corrected chi connectivity index (χ0v) is 19.7. The number of halogens is 1. The molecule has 9 heteroatoms. The van der Waals surface area contributed by atoms with Crippen LogP contribution in [0.25, 0.3) is 0 Å². The van der Waals surface area contributed by atoms with Crippen molar-refractivity contribution in [1.29, 1.82) is 0 Å². The van der Waals surface area contributed by atoms with Crippen molar-refractivity contribution in [3.63, 3.8) is 0 Å². The molecule has 0 unspecified atom stereocenters. The zero-order valence-electron chi connectivity index (χ0n) is 18.1. The summed E-state index contributed by atoms with van der Waals surface area (Å²) in [4.78, 5) is 12.6. The Kier molecular flexibility index (Phi) is 6.00. The largest absolute Gasteiger partial charge is 0.392 e. The molecule has 0 heterocycles. The van der Waals surface area contributed by atoms with Gasteiger partial charge < -0.3 is 15.5 Å². The number of carbonyl (C=O) groups excluding carboxylic acids is 1. The van der Waals surface area contributed by atoms with E-state index in [9.17, 15) is 23.4 Å². The zero-order chi connectivity index (χ0) is 23.3. The highest BCUT2D eigenvalue weighted by molar-refractivity contribution is 7.90. The first-order valence-corrected chi connectivity index (χ1v) is 12.5. The molecule has 0 radical (unpaired) electrons. The van der Waals surface area contributed by atoms with Crippen LogP contribution in [0.15, 0.2) is 23.1 Å². The quantitative estimate of drug-likeness (QED) is 0.524. The van der Waals surface area contributed by atoms with Crippen LogP contribution in [0.2, 0.25) is 5.02 Å². The summed E-state index contributed by atoms with van der Waals surface area (Å²) < 4.78 is 27.9. The molecule has 2 aromatic rings. The van der Waals surface area contributed by atoms with Crippen LogP contribution in [0.4, 0.5) is 10.5 Å². The molecule has 0 spiro atoms. The maximum atomic E-state index is 12.9. The van der Waals surface area contributed by atoms with Crippen molar-refractivity contribution in [2.75, 3.05) is 5.32 Å². The van der Waals surface area contributed by atoms with E-state index in [1.807, 2.05) is 0 Å². The van der Waals surface area contributed by atoms with Gasteiger partial charge in [0.05, 0.1) is 17.1 Å². The van der Waals surface area contributed by atoms with E-state index in [0.29, 0.717) is 11.3 Å². The van der Waals surface area contributed by atoms with Gasteiger partial charge in [-0.2, -0.15) is 0 Å². The van der Waals surface area contributed by atoms with Crippen molar-refractivity contribution in [3.8, 4) is 0 Å². The molecule has 2 aromatic carbocycles. The normalized spacial score (nSPS) is 15.4. The molecule has 4 rings (SSSR count). The first kappa shape index (κ1) is 23.0. The SMILES string of the molecule is CC(C)(O)c1cc(S(=O)(=O)NC(=O)Nc2c3c(c(Cl)c4c2CCC4)CCC3)ccc1CO. The average molecular weight is 479 g/mol. The maximum Gasteiger partial charge on any atom is 0.333 e. The highest BCUT2D eigenvalue weighted by Crippen LogP contribution is 2.44. The topological polar surface area (TPSA) is 116 Å². The molecule has 172 valence electrons. The second-order valence-corrected chi connectivity index (χ2v) is 11.0. The van der Waals surface area contributed by atoms with Gasteiger partial charge in [0.1, 0.15) is 0 Å². The van der Waals surface area contributed by atoms with E-state index in [0.717, 1.165) is 65.8 Å². The van der Waals surface area contributed by atoms with Gasteiger partial charge in [-0.3, -0.25) is 0 Å². The number of benzene rings is 2. The average Bonchev–Trinajstić information content (AvgIpc) is 3.39. The van der Waals surface area contributed by atoms with Crippen LogP contribution in [-0.2, 0) is 47.9 Å². The summed E-state index contributed by atoms with van der Waals surface area (Å²) in [6.07, 6.45) is 5.19. The Labute approximate surface area is 192 Å². The van der Waals surface area contributed by atoms with E-state index in [4.69, 9.17) is 11.6 Å². The number of rotatable bonds is 5. The van der Waals surface area contributed by atoms with Gasteiger partial charge in [0.25, 0.3) is 10.0 Å². The summed E-state index contributed by atoms with van der Waals surface area (Å²) >= 11 is 6.61. The Morgan fingerprint density at radius 2 is 1.62 bits per heavy atom. The third kappa shape index (κ3) is 4.12. The lowest BCUT2D eigenvalue weighted by molar-refractivity contribution is 0.0757. The summed E-state index contributed by atoms with van der Waals surface area (Å²) in [6, 6.07) is 3.16. The van der Waals surface area contributed by atoms with Gasteiger partial charge in [-0.1, -0.05) is 17.7 Å². The van der Waals surface area contributed by atoms with Gasteiger partial charge in [0.2, 0.25) is 0 Å². The Morgan fingerprint density at radius 3 is 2.16 bits per heavy atom. The number of amides is 2. The molecule has 4 N–H and O–H groups in total. The lowest BCUT2D eigenvalue weighted by atomic mass is 9.93. The summed E-state index contributed by atoms with van der Waals surface area (Å²) in [6.45, 7) is 2.65. The molecule has 0 atom stereocenters. The molecule has 0 aliphatic heterocycles. The van der Waals surface area contributed by atoms with E-state index in [1.54, 1.807) is 0 Å². The first-order valence-electron chi connectivity index (χ1n) is 10.7. The lowest BCUT2D eigenvalue weighted by Crippen LogP contribution is -2.35. The van der Waals surface area contributed by atoms with Crippen LogP contribution in [0.3, 0.4) is 0 Å². The van der Waals surface area contributed by atoms with Crippen molar-refractivity contribution in [2.24, 2.45) is 0 Å². The fourth-order valence-corrected chi connectivity index (χ4v) is 6.14. The summed E-state index contributed by atoms with van der Waals surface area (Å²) in [7, 11) is -4.20. The molecular weight excluding hydrogens is 452 g/mol. The van der Waals surface area contributed by atoms with Crippen LogP contribution >= 0.6 is 11.6 Å². The Hall–Kier alpha value is -2.13. The number of hydrogen-bond donors (Lipinski definition) is 4. The van der Waals surface area contributed by atoms with Gasteiger partial charge in [-0.15, -0.1) is 0 Å². The van der Waals surface area contributed by atoms with Gasteiger partial charge >= 0.3 is 6.03 Å². The monoisotopic (exact) mass is 478 g/mol. The van der Waals surface area contributed by atoms with E-state index < -0.39 is 21.7 Å². The van der Waals surface area contributed by atoms with Crippen molar-refractivity contribution in [1.82, 2.24) is 4.72 Å². The molecule has 32 heavy (non-hydrogen) atoms. The highest BCUT2D eigenvalue weighted by Gasteiger charge is 2.30. The minimum absolute atomic E-state index is 0.173. The molecule has 0 saturated heterocycles. The molecule has 0 saturated carbocycles. The lowest BCUT2D eigenvalue weighted by Gasteiger charge is -2.22. The second kappa shape index (κ2) is 8.33. The van der Waals surface area contributed by atoms with E-state index in [1.165, 1.54) is 32.0 Å². The number of sulfonamides is 1. The minimum Gasteiger partial charge on any atom is -0.392 e. The number of aliphatic hydroxyl groups excluding tert-OH is 1. The highest BCUT2D eigenvalue weighted by atomic mass is 35.5. The third-order valence-corrected chi connectivity index (χ3v) is 8.04. The van der Waals surface area contributed by atoms with Crippen LogP contribution in [0.1, 0.15) is 60.1 Å². The van der Waals surface area contributed by atoms with E-state index in [2.05, 4.69) is 10.0 Å². The Bertz CT molecular complexity index is 1170. The fraction of sp³-hybridized carbons (Fsp3) is 0.435.